The van der Waals surface area contributed by atoms with Gasteiger partial charge in [-0.2, -0.15) is 0 Å². The van der Waals surface area contributed by atoms with Crippen LogP contribution in [0.4, 0.5) is 0 Å². The van der Waals surface area contributed by atoms with Gasteiger partial charge in [0.25, 0.3) is 0 Å². The van der Waals surface area contributed by atoms with E-state index >= 15 is 0 Å². The van der Waals surface area contributed by atoms with Crippen LogP contribution in [0.3, 0.4) is 0 Å². The Morgan fingerprint density at radius 1 is 1.14 bits per heavy atom. The highest BCUT2D eigenvalue weighted by molar-refractivity contribution is 7.99. The summed E-state index contributed by atoms with van der Waals surface area (Å²) in [5.74, 6) is -1.02. The standard InChI is InChI=1S/C15H9ClN2O2S/c16-9-5-6-13(11(7-9)15(19)20)21-14-10-3-1-2-4-12(10)17-8-18-14/h1-8H,(H,19,20). The predicted octanol–water partition coefficient (Wildman–Crippen LogP) is 4.13. The first-order valence-corrected chi connectivity index (χ1v) is 7.25. The lowest BCUT2D eigenvalue weighted by Gasteiger charge is -2.07. The Bertz CT molecular complexity index is 834. The zero-order valence-electron chi connectivity index (χ0n) is 10.7. The summed E-state index contributed by atoms with van der Waals surface area (Å²) in [7, 11) is 0. The maximum atomic E-state index is 11.3. The first-order chi connectivity index (χ1) is 10.1. The van der Waals surface area contributed by atoms with Gasteiger partial charge in [-0.05, 0) is 24.3 Å². The summed E-state index contributed by atoms with van der Waals surface area (Å²) in [6, 6.07) is 12.4. The molecule has 0 aliphatic heterocycles. The lowest BCUT2D eigenvalue weighted by molar-refractivity contribution is 0.0693. The van der Waals surface area contributed by atoms with Crippen molar-refractivity contribution in [2.45, 2.75) is 9.92 Å². The van der Waals surface area contributed by atoms with Crippen LogP contribution in [0, 0.1) is 0 Å². The average Bonchev–Trinajstić information content (AvgIpc) is 2.49. The van der Waals surface area contributed by atoms with E-state index in [0.29, 0.717) is 14.9 Å². The number of hydrogen-bond acceptors (Lipinski definition) is 4. The normalized spacial score (nSPS) is 10.7. The molecule has 4 nitrogen and oxygen atoms in total. The van der Waals surface area contributed by atoms with Gasteiger partial charge in [0.2, 0.25) is 0 Å². The highest BCUT2D eigenvalue weighted by atomic mass is 35.5. The Labute approximate surface area is 129 Å². The van der Waals surface area contributed by atoms with Gasteiger partial charge < -0.3 is 5.11 Å². The average molecular weight is 317 g/mol. The zero-order chi connectivity index (χ0) is 14.8. The van der Waals surface area contributed by atoms with Crippen LogP contribution < -0.4 is 0 Å². The molecule has 0 aliphatic rings. The Balaban J connectivity index is 2.09. The van der Waals surface area contributed by atoms with Crippen molar-refractivity contribution in [3.8, 4) is 0 Å². The van der Waals surface area contributed by atoms with Crippen LogP contribution in [0.15, 0.2) is 58.7 Å². The van der Waals surface area contributed by atoms with Gasteiger partial charge in [0.15, 0.2) is 0 Å². The number of nitrogens with zero attached hydrogens (tertiary/aromatic N) is 2. The molecule has 1 N–H and O–H groups in total. The van der Waals surface area contributed by atoms with E-state index in [1.165, 1.54) is 24.2 Å². The van der Waals surface area contributed by atoms with Crippen molar-refractivity contribution in [2.75, 3.05) is 0 Å². The smallest absolute Gasteiger partial charge is 0.336 e. The summed E-state index contributed by atoms with van der Waals surface area (Å²) in [5.41, 5.74) is 0.982. The summed E-state index contributed by atoms with van der Waals surface area (Å²) in [5, 5.41) is 11.3. The number of carboxylic acids is 1. The van der Waals surface area contributed by atoms with Crippen LogP contribution in [-0.2, 0) is 0 Å². The van der Waals surface area contributed by atoms with Crippen molar-refractivity contribution in [1.29, 1.82) is 0 Å². The molecule has 0 atom stereocenters. The number of rotatable bonds is 3. The SMILES string of the molecule is O=C(O)c1cc(Cl)ccc1Sc1ncnc2ccccc12. The molecule has 21 heavy (non-hydrogen) atoms. The first kappa shape index (κ1) is 13.9. The monoisotopic (exact) mass is 316 g/mol. The fourth-order valence-electron chi connectivity index (χ4n) is 1.92. The molecule has 0 saturated carbocycles. The molecule has 0 spiro atoms. The summed E-state index contributed by atoms with van der Waals surface area (Å²) in [6.07, 6.45) is 1.47. The lowest BCUT2D eigenvalue weighted by Crippen LogP contribution is -1.99. The summed E-state index contributed by atoms with van der Waals surface area (Å²) >= 11 is 7.15. The molecule has 2 aromatic carbocycles. The van der Waals surface area contributed by atoms with Crippen LogP contribution in [-0.4, -0.2) is 21.0 Å². The van der Waals surface area contributed by atoms with Crippen molar-refractivity contribution < 1.29 is 9.90 Å². The van der Waals surface area contributed by atoms with Crippen LogP contribution >= 0.6 is 23.4 Å². The van der Waals surface area contributed by atoms with E-state index in [1.54, 1.807) is 12.1 Å². The zero-order valence-corrected chi connectivity index (χ0v) is 12.2. The number of carboxylic acid groups (broad SMARTS) is 1. The molecule has 0 unspecified atom stereocenters. The molecule has 6 heteroatoms. The second-order valence-electron chi connectivity index (χ2n) is 4.24. The molecule has 3 aromatic rings. The fourth-order valence-corrected chi connectivity index (χ4v) is 3.08. The lowest BCUT2D eigenvalue weighted by atomic mass is 10.2. The predicted molar refractivity (Wildman–Crippen MR) is 82.1 cm³/mol. The van der Waals surface area contributed by atoms with Crippen LogP contribution in [0.25, 0.3) is 10.9 Å². The summed E-state index contributed by atoms with van der Waals surface area (Å²) in [4.78, 5) is 20.4. The van der Waals surface area contributed by atoms with E-state index < -0.39 is 5.97 Å². The fraction of sp³-hybridized carbons (Fsp3) is 0. The maximum absolute atomic E-state index is 11.3. The molecule has 1 aromatic heterocycles. The topological polar surface area (TPSA) is 63.1 Å². The number of halogens is 1. The number of aromatic carboxylic acids is 1. The number of carbonyl (C=O) groups is 1. The third kappa shape index (κ3) is 2.84. The van der Waals surface area contributed by atoms with E-state index in [4.69, 9.17) is 11.6 Å². The van der Waals surface area contributed by atoms with Crippen LogP contribution in [0.2, 0.25) is 5.02 Å². The molecule has 0 bridgehead atoms. The Kier molecular flexibility index (Phi) is 3.77. The van der Waals surface area contributed by atoms with E-state index in [2.05, 4.69) is 9.97 Å². The number of aromatic nitrogens is 2. The molecular formula is C15H9ClN2O2S. The number of para-hydroxylation sites is 1. The van der Waals surface area contributed by atoms with Gasteiger partial charge >= 0.3 is 5.97 Å². The van der Waals surface area contributed by atoms with Crippen LogP contribution in [0.5, 0.6) is 0 Å². The van der Waals surface area contributed by atoms with Gasteiger partial charge in [0.05, 0.1) is 11.1 Å². The Morgan fingerprint density at radius 3 is 2.76 bits per heavy atom. The van der Waals surface area contributed by atoms with Crippen molar-refractivity contribution in [2.24, 2.45) is 0 Å². The Hall–Kier alpha value is -2.11. The van der Waals surface area contributed by atoms with Gasteiger partial charge in [-0.1, -0.05) is 41.6 Å². The molecule has 0 radical (unpaired) electrons. The molecule has 0 amide bonds. The third-order valence-corrected chi connectivity index (χ3v) is 4.21. The third-order valence-electron chi connectivity index (χ3n) is 2.88. The molecule has 3 rings (SSSR count). The highest BCUT2D eigenvalue weighted by Crippen LogP contribution is 2.34. The summed E-state index contributed by atoms with van der Waals surface area (Å²) in [6.45, 7) is 0. The van der Waals surface area contributed by atoms with E-state index in [1.807, 2.05) is 24.3 Å². The van der Waals surface area contributed by atoms with Gasteiger partial charge in [-0.25, -0.2) is 14.8 Å². The summed E-state index contributed by atoms with van der Waals surface area (Å²) < 4.78 is 0. The van der Waals surface area contributed by atoms with Gasteiger partial charge in [-0.3, -0.25) is 0 Å². The minimum atomic E-state index is -1.02. The molecular weight excluding hydrogens is 308 g/mol. The van der Waals surface area contributed by atoms with Crippen molar-refractivity contribution in [3.05, 3.63) is 59.4 Å². The molecule has 104 valence electrons. The maximum Gasteiger partial charge on any atom is 0.336 e. The first-order valence-electron chi connectivity index (χ1n) is 6.05. The second kappa shape index (κ2) is 5.71. The van der Waals surface area contributed by atoms with Gasteiger partial charge in [-0.15, -0.1) is 0 Å². The van der Waals surface area contributed by atoms with Crippen molar-refractivity contribution in [1.82, 2.24) is 9.97 Å². The largest absolute Gasteiger partial charge is 0.478 e. The van der Waals surface area contributed by atoms with Crippen LogP contribution in [0.1, 0.15) is 10.4 Å². The van der Waals surface area contributed by atoms with Gasteiger partial charge in [0.1, 0.15) is 11.4 Å². The molecule has 0 saturated heterocycles. The number of fused-ring (bicyclic) bond motifs is 1. The minimum absolute atomic E-state index is 0.162. The Morgan fingerprint density at radius 2 is 1.95 bits per heavy atom. The number of benzene rings is 2. The van der Waals surface area contributed by atoms with E-state index in [0.717, 1.165) is 10.9 Å². The number of hydrogen-bond donors (Lipinski definition) is 1. The quantitative estimate of drug-likeness (QED) is 0.736. The van der Waals surface area contributed by atoms with E-state index in [-0.39, 0.29) is 5.56 Å². The second-order valence-corrected chi connectivity index (χ2v) is 5.71. The minimum Gasteiger partial charge on any atom is -0.478 e. The molecule has 0 aliphatic carbocycles. The van der Waals surface area contributed by atoms with E-state index in [9.17, 15) is 9.90 Å². The van der Waals surface area contributed by atoms with Crippen molar-refractivity contribution >= 4 is 40.2 Å². The van der Waals surface area contributed by atoms with Gasteiger partial charge in [0, 0.05) is 15.3 Å². The van der Waals surface area contributed by atoms with Crippen molar-refractivity contribution in [3.63, 3.8) is 0 Å². The molecule has 1 heterocycles. The highest BCUT2D eigenvalue weighted by Gasteiger charge is 2.14. The molecule has 0 fully saturated rings.